The van der Waals surface area contributed by atoms with Crippen LogP contribution in [0.4, 0.5) is 0 Å². The van der Waals surface area contributed by atoms with E-state index in [-0.39, 0.29) is 24.5 Å². The number of oxazole rings is 1. The van der Waals surface area contributed by atoms with E-state index in [1.807, 2.05) is 39.0 Å². The SMILES string of the molecule is CCOC(Cc1ccc(OCc2nc(-c3ccc(C(C)(C)C)cc3)oc2C)cc1OC(C)C)C(=O)O. The number of benzene rings is 2. The molecule has 7 nitrogen and oxygen atoms in total. The van der Waals surface area contributed by atoms with E-state index in [0.29, 0.717) is 35.5 Å². The van der Waals surface area contributed by atoms with Crippen molar-refractivity contribution in [2.45, 2.75) is 79.1 Å². The number of aromatic nitrogens is 1. The third kappa shape index (κ3) is 7.10. The molecule has 1 atom stereocenters. The summed E-state index contributed by atoms with van der Waals surface area (Å²) in [5, 5.41) is 9.46. The Labute approximate surface area is 213 Å². The van der Waals surface area contributed by atoms with Crippen molar-refractivity contribution in [3.8, 4) is 23.0 Å². The molecule has 0 spiro atoms. The van der Waals surface area contributed by atoms with Crippen molar-refractivity contribution < 1.29 is 28.5 Å². The quantitative estimate of drug-likeness (QED) is 0.332. The van der Waals surface area contributed by atoms with Gasteiger partial charge in [0.2, 0.25) is 5.89 Å². The van der Waals surface area contributed by atoms with Crippen molar-refractivity contribution in [3.63, 3.8) is 0 Å². The molecule has 0 fully saturated rings. The second-order valence-electron chi connectivity index (χ2n) is 10.1. The summed E-state index contributed by atoms with van der Waals surface area (Å²) in [4.78, 5) is 16.2. The molecule has 0 saturated carbocycles. The van der Waals surface area contributed by atoms with Gasteiger partial charge in [-0.3, -0.25) is 0 Å². The van der Waals surface area contributed by atoms with Gasteiger partial charge in [-0.05, 0) is 62.4 Å². The van der Waals surface area contributed by atoms with Crippen LogP contribution in [-0.2, 0) is 28.0 Å². The summed E-state index contributed by atoms with van der Waals surface area (Å²) < 4.78 is 23.3. The van der Waals surface area contributed by atoms with Crippen LogP contribution in [0.3, 0.4) is 0 Å². The highest BCUT2D eigenvalue weighted by Gasteiger charge is 2.21. The molecule has 0 amide bonds. The van der Waals surface area contributed by atoms with Gasteiger partial charge in [0.25, 0.3) is 0 Å². The van der Waals surface area contributed by atoms with E-state index in [1.54, 1.807) is 19.1 Å². The van der Waals surface area contributed by atoms with Gasteiger partial charge >= 0.3 is 5.97 Å². The van der Waals surface area contributed by atoms with Gasteiger partial charge in [-0.2, -0.15) is 0 Å². The Balaban J connectivity index is 1.75. The zero-order valence-corrected chi connectivity index (χ0v) is 22.3. The van der Waals surface area contributed by atoms with E-state index >= 15 is 0 Å². The molecule has 3 aromatic rings. The number of hydrogen-bond acceptors (Lipinski definition) is 6. The van der Waals surface area contributed by atoms with E-state index in [2.05, 4.69) is 37.9 Å². The lowest BCUT2D eigenvalue weighted by molar-refractivity contribution is -0.149. The molecule has 3 rings (SSSR count). The second kappa shape index (κ2) is 11.6. The van der Waals surface area contributed by atoms with Crippen molar-refractivity contribution in [2.24, 2.45) is 0 Å². The average Bonchev–Trinajstić information content (AvgIpc) is 3.18. The topological polar surface area (TPSA) is 91.0 Å². The Bertz CT molecular complexity index is 1160. The van der Waals surface area contributed by atoms with Crippen LogP contribution < -0.4 is 9.47 Å². The second-order valence-corrected chi connectivity index (χ2v) is 10.1. The van der Waals surface area contributed by atoms with E-state index in [4.69, 9.17) is 18.6 Å². The third-order valence-electron chi connectivity index (χ3n) is 5.72. The summed E-state index contributed by atoms with van der Waals surface area (Å²) in [6.45, 7) is 14.6. The van der Waals surface area contributed by atoms with Gasteiger partial charge in [0.1, 0.15) is 29.6 Å². The highest BCUT2D eigenvalue weighted by molar-refractivity contribution is 5.73. The van der Waals surface area contributed by atoms with Crippen LogP contribution in [0.2, 0.25) is 0 Å². The summed E-state index contributed by atoms with van der Waals surface area (Å²) in [5.41, 5.74) is 3.70. The highest BCUT2D eigenvalue weighted by atomic mass is 16.5. The normalized spacial score (nSPS) is 12.6. The van der Waals surface area contributed by atoms with Crippen LogP contribution in [0, 0.1) is 6.92 Å². The number of rotatable bonds is 11. The number of aryl methyl sites for hydroxylation is 1. The van der Waals surface area contributed by atoms with Gasteiger partial charge in [0, 0.05) is 24.7 Å². The number of hydrogen-bond donors (Lipinski definition) is 1. The van der Waals surface area contributed by atoms with Crippen molar-refractivity contribution >= 4 is 5.97 Å². The Morgan fingerprint density at radius 2 is 1.81 bits per heavy atom. The van der Waals surface area contributed by atoms with Crippen LogP contribution in [0.15, 0.2) is 46.9 Å². The number of carboxylic acid groups (broad SMARTS) is 1. The summed E-state index contributed by atoms with van der Waals surface area (Å²) in [6.07, 6.45) is -0.824. The predicted octanol–water partition coefficient (Wildman–Crippen LogP) is 6.35. The zero-order chi connectivity index (χ0) is 26.5. The number of carboxylic acids is 1. The van der Waals surface area contributed by atoms with Crippen molar-refractivity contribution in [3.05, 3.63) is 65.0 Å². The first-order chi connectivity index (χ1) is 17.0. The zero-order valence-electron chi connectivity index (χ0n) is 22.3. The lowest BCUT2D eigenvalue weighted by Gasteiger charge is -2.18. The minimum Gasteiger partial charge on any atom is -0.491 e. The standard InChI is InChI=1S/C29H37NO6/c1-8-33-26(28(31)32)15-21-11-14-23(16-25(21)35-18(2)3)34-17-24-19(4)36-27(30-24)20-9-12-22(13-10-20)29(5,6)7/h9-14,16,18,26H,8,15,17H2,1-7H3,(H,31,32). The molecule has 0 radical (unpaired) electrons. The molecule has 0 bridgehead atoms. The van der Waals surface area contributed by atoms with Crippen LogP contribution in [0.5, 0.6) is 11.5 Å². The molecule has 0 saturated heterocycles. The fourth-order valence-electron chi connectivity index (χ4n) is 3.73. The molecule has 0 aliphatic carbocycles. The maximum Gasteiger partial charge on any atom is 0.333 e. The molecule has 1 N–H and O–H groups in total. The van der Waals surface area contributed by atoms with Crippen LogP contribution in [-0.4, -0.2) is 34.9 Å². The van der Waals surface area contributed by atoms with Gasteiger partial charge in [-0.25, -0.2) is 9.78 Å². The molecule has 0 aliphatic rings. The minimum absolute atomic E-state index is 0.0787. The summed E-state index contributed by atoms with van der Waals surface area (Å²) in [6, 6.07) is 13.7. The lowest BCUT2D eigenvalue weighted by Crippen LogP contribution is -2.26. The van der Waals surface area contributed by atoms with Crippen molar-refractivity contribution in [1.82, 2.24) is 4.98 Å². The fourth-order valence-corrected chi connectivity index (χ4v) is 3.73. The molecule has 1 heterocycles. The van der Waals surface area contributed by atoms with Crippen LogP contribution in [0.1, 0.15) is 64.1 Å². The number of aliphatic carboxylic acids is 1. The molecular formula is C29H37NO6. The average molecular weight is 496 g/mol. The first-order valence-corrected chi connectivity index (χ1v) is 12.3. The van der Waals surface area contributed by atoms with Gasteiger partial charge in [0.15, 0.2) is 6.10 Å². The molecule has 1 unspecified atom stereocenters. The highest BCUT2D eigenvalue weighted by Crippen LogP contribution is 2.30. The van der Waals surface area contributed by atoms with Gasteiger partial charge < -0.3 is 23.7 Å². The Hall–Kier alpha value is -3.32. The smallest absolute Gasteiger partial charge is 0.333 e. The van der Waals surface area contributed by atoms with E-state index < -0.39 is 12.1 Å². The predicted molar refractivity (Wildman–Crippen MR) is 139 cm³/mol. The maximum atomic E-state index is 11.5. The summed E-state index contributed by atoms with van der Waals surface area (Å²) in [7, 11) is 0. The lowest BCUT2D eigenvalue weighted by atomic mass is 9.87. The van der Waals surface area contributed by atoms with Gasteiger partial charge in [-0.15, -0.1) is 0 Å². The van der Waals surface area contributed by atoms with E-state index in [1.165, 1.54) is 5.56 Å². The third-order valence-corrected chi connectivity index (χ3v) is 5.72. The molecule has 1 aromatic heterocycles. The molecule has 36 heavy (non-hydrogen) atoms. The first-order valence-electron chi connectivity index (χ1n) is 12.3. The summed E-state index contributed by atoms with van der Waals surface area (Å²) in [5.74, 6) is 1.42. The molecule has 0 aliphatic heterocycles. The first kappa shape index (κ1) is 27.3. The maximum absolute atomic E-state index is 11.5. The van der Waals surface area contributed by atoms with E-state index in [0.717, 1.165) is 11.1 Å². The number of carbonyl (C=O) groups is 1. The van der Waals surface area contributed by atoms with Gasteiger partial charge in [0.05, 0.1) is 6.10 Å². The largest absolute Gasteiger partial charge is 0.491 e. The Morgan fingerprint density at radius 1 is 1.11 bits per heavy atom. The van der Waals surface area contributed by atoms with E-state index in [9.17, 15) is 9.90 Å². The van der Waals surface area contributed by atoms with Crippen LogP contribution >= 0.6 is 0 Å². The van der Waals surface area contributed by atoms with Crippen LogP contribution in [0.25, 0.3) is 11.5 Å². The molecule has 2 aromatic carbocycles. The van der Waals surface area contributed by atoms with Gasteiger partial charge in [-0.1, -0.05) is 39.0 Å². The minimum atomic E-state index is -1.00. The molecular weight excluding hydrogens is 458 g/mol. The fraction of sp³-hybridized carbons (Fsp3) is 0.448. The Kier molecular flexibility index (Phi) is 8.79. The molecule has 7 heteroatoms. The monoisotopic (exact) mass is 495 g/mol. The Morgan fingerprint density at radius 3 is 2.39 bits per heavy atom. The molecule has 194 valence electrons. The summed E-state index contributed by atoms with van der Waals surface area (Å²) >= 11 is 0. The number of nitrogens with zero attached hydrogens (tertiary/aromatic N) is 1. The van der Waals surface area contributed by atoms with Crippen molar-refractivity contribution in [2.75, 3.05) is 6.61 Å². The van der Waals surface area contributed by atoms with Crippen molar-refractivity contribution in [1.29, 1.82) is 0 Å². The number of ether oxygens (including phenoxy) is 3.